The summed E-state index contributed by atoms with van der Waals surface area (Å²) < 4.78 is 0. The smallest absolute Gasteiger partial charge is 0.193 e. The van der Waals surface area contributed by atoms with E-state index in [1.54, 1.807) is 6.07 Å². The van der Waals surface area contributed by atoms with Gasteiger partial charge in [-0.15, -0.1) is 24.0 Å². The number of phenolic OH excluding ortho intramolecular Hbond substituents is 1. The molecule has 5 nitrogen and oxygen atoms in total. The van der Waals surface area contributed by atoms with Crippen LogP contribution in [0.3, 0.4) is 0 Å². The van der Waals surface area contributed by atoms with Gasteiger partial charge in [0, 0.05) is 39.8 Å². The molecule has 1 aromatic rings. The van der Waals surface area contributed by atoms with Crippen LogP contribution in [0.25, 0.3) is 0 Å². The fourth-order valence-corrected chi connectivity index (χ4v) is 3.02. The monoisotopic (exact) mass is 430 g/mol. The Hall–Kier alpha value is -1.18. The van der Waals surface area contributed by atoms with Crippen LogP contribution in [0.15, 0.2) is 29.3 Å². The van der Waals surface area contributed by atoms with Gasteiger partial charge < -0.3 is 20.2 Å². The Morgan fingerprint density at radius 2 is 1.91 bits per heavy atom. The predicted octanol–water partition coefficient (Wildman–Crippen LogP) is 2.51. The average Bonchev–Trinajstić information content (AvgIpc) is 3.37. The molecule has 0 atom stereocenters. The third-order valence-corrected chi connectivity index (χ3v) is 4.55. The van der Waals surface area contributed by atoms with Crippen LogP contribution in [0.4, 0.5) is 5.69 Å². The van der Waals surface area contributed by atoms with E-state index in [4.69, 9.17) is 0 Å². The molecule has 6 heteroatoms. The maximum atomic E-state index is 9.97. The molecule has 1 aliphatic carbocycles. The van der Waals surface area contributed by atoms with Gasteiger partial charge in [-0.2, -0.15) is 0 Å². The van der Waals surface area contributed by atoms with Crippen molar-refractivity contribution < 1.29 is 5.11 Å². The SMILES string of the molecule is CN=C(NCCC1CC1)N1CCN(c2ccccc2O)CC1.I. The van der Waals surface area contributed by atoms with Gasteiger partial charge in [0.05, 0.1) is 5.69 Å². The summed E-state index contributed by atoms with van der Waals surface area (Å²) in [6.45, 7) is 4.69. The molecule has 128 valence electrons. The quantitative estimate of drug-likeness (QED) is 0.438. The number of hydrogen-bond donors (Lipinski definition) is 2. The molecule has 0 spiro atoms. The van der Waals surface area contributed by atoms with Crippen LogP contribution in [0.2, 0.25) is 0 Å². The van der Waals surface area contributed by atoms with Gasteiger partial charge in [0.1, 0.15) is 5.75 Å². The zero-order chi connectivity index (χ0) is 15.4. The minimum Gasteiger partial charge on any atom is -0.506 e. The van der Waals surface area contributed by atoms with Gasteiger partial charge in [-0.3, -0.25) is 4.99 Å². The molecule has 2 N–H and O–H groups in total. The second-order valence-corrected chi connectivity index (χ2v) is 6.17. The molecule has 1 saturated heterocycles. The minimum absolute atomic E-state index is 0. The maximum Gasteiger partial charge on any atom is 0.193 e. The standard InChI is InChI=1S/C17H26N4O.HI/c1-18-17(19-9-8-14-6-7-14)21-12-10-20(11-13-21)15-4-2-3-5-16(15)22;/h2-5,14,22H,6-13H2,1H3,(H,18,19);1H. The maximum absolute atomic E-state index is 9.97. The van der Waals surface area contributed by atoms with E-state index in [0.717, 1.165) is 50.3 Å². The van der Waals surface area contributed by atoms with E-state index in [1.807, 2.05) is 25.2 Å². The number of anilines is 1. The summed E-state index contributed by atoms with van der Waals surface area (Å²) in [5.74, 6) is 2.32. The van der Waals surface area contributed by atoms with Crippen molar-refractivity contribution in [3.05, 3.63) is 24.3 Å². The normalized spacial score (nSPS) is 18.6. The summed E-state index contributed by atoms with van der Waals surface area (Å²) in [6.07, 6.45) is 4.07. The second-order valence-electron chi connectivity index (χ2n) is 6.17. The molecule has 1 aliphatic heterocycles. The molecule has 0 bridgehead atoms. The molecule has 0 unspecified atom stereocenters. The van der Waals surface area contributed by atoms with E-state index in [9.17, 15) is 5.11 Å². The Bertz CT molecular complexity index is 525. The number of nitrogens with zero attached hydrogens (tertiary/aromatic N) is 3. The van der Waals surface area contributed by atoms with Crippen LogP contribution in [0.5, 0.6) is 5.75 Å². The summed E-state index contributed by atoms with van der Waals surface area (Å²) in [7, 11) is 1.86. The van der Waals surface area contributed by atoms with Gasteiger partial charge in [0.25, 0.3) is 0 Å². The molecular weight excluding hydrogens is 403 g/mol. The van der Waals surface area contributed by atoms with Crippen LogP contribution in [0.1, 0.15) is 19.3 Å². The Balaban J connectivity index is 0.00000192. The third-order valence-electron chi connectivity index (χ3n) is 4.55. The number of halogens is 1. The summed E-state index contributed by atoms with van der Waals surface area (Å²) >= 11 is 0. The van der Waals surface area contributed by atoms with E-state index in [0.29, 0.717) is 5.75 Å². The molecule has 23 heavy (non-hydrogen) atoms. The lowest BCUT2D eigenvalue weighted by Crippen LogP contribution is -2.52. The highest BCUT2D eigenvalue weighted by atomic mass is 127. The van der Waals surface area contributed by atoms with Crippen molar-refractivity contribution in [1.29, 1.82) is 0 Å². The number of aromatic hydroxyl groups is 1. The number of nitrogens with one attached hydrogen (secondary N) is 1. The van der Waals surface area contributed by atoms with Crippen LogP contribution < -0.4 is 10.2 Å². The third kappa shape index (κ3) is 4.89. The minimum atomic E-state index is 0. The average molecular weight is 430 g/mol. The van der Waals surface area contributed by atoms with Gasteiger partial charge in [0.15, 0.2) is 5.96 Å². The van der Waals surface area contributed by atoms with E-state index in [1.165, 1.54) is 19.3 Å². The van der Waals surface area contributed by atoms with Gasteiger partial charge >= 0.3 is 0 Å². The summed E-state index contributed by atoms with van der Waals surface area (Å²) in [6, 6.07) is 7.56. The van der Waals surface area contributed by atoms with Crippen LogP contribution in [0, 0.1) is 5.92 Å². The van der Waals surface area contributed by atoms with Crippen LogP contribution >= 0.6 is 24.0 Å². The Morgan fingerprint density at radius 1 is 1.22 bits per heavy atom. The number of aliphatic imine (C=N–C) groups is 1. The van der Waals surface area contributed by atoms with Gasteiger partial charge in [0.2, 0.25) is 0 Å². The lowest BCUT2D eigenvalue weighted by Gasteiger charge is -2.37. The first-order valence-electron chi connectivity index (χ1n) is 8.26. The van der Waals surface area contributed by atoms with Crippen molar-refractivity contribution in [2.45, 2.75) is 19.3 Å². The number of guanidine groups is 1. The first-order chi connectivity index (χ1) is 10.8. The Labute approximate surface area is 155 Å². The number of para-hydroxylation sites is 2. The van der Waals surface area contributed by atoms with E-state index < -0.39 is 0 Å². The largest absolute Gasteiger partial charge is 0.506 e. The zero-order valence-corrected chi connectivity index (χ0v) is 16.1. The first kappa shape index (κ1) is 18.2. The first-order valence-corrected chi connectivity index (χ1v) is 8.26. The summed E-state index contributed by atoms with van der Waals surface area (Å²) in [4.78, 5) is 8.96. The molecule has 2 fully saturated rings. The fraction of sp³-hybridized carbons (Fsp3) is 0.588. The molecule has 1 saturated carbocycles. The molecule has 1 heterocycles. The molecule has 1 aromatic carbocycles. The highest BCUT2D eigenvalue weighted by Crippen LogP contribution is 2.31. The van der Waals surface area contributed by atoms with Crippen LogP contribution in [-0.4, -0.2) is 55.7 Å². The molecular formula is C17H27IN4O. The van der Waals surface area contributed by atoms with Crippen molar-refractivity contribution in [1.82, 2.24) is 10.2 Å². The summed E-state index contributed by atoms with van der Waals surface area (Å²) in [5, 5.41) is 13.5. The predicted molar refractivity (Wildman–Crippen MR) is 106 cm³/mol. The van der Waals surface area contributed by atoms with Gasteiger partial charge in [-0.25, -0.2) is 0 Å². The Kier molecular flexibility index (Phi) is 6.80. The van der Waals surface area contributed by atoms with Crippen LogP contribution in [-0.2, 0) is 0 Å². The number of benzene rings is 1. The van der Waals surface area contributed by atoms with E-state index >= 15 is 0 Å². The zero-order valence-electron chi connectivity index (χ0n) is 13.7. The molecule has 2 aliphatic rings. The van der Waals surface area contributed by atoms with E-state index in [-0.39, 0.29) is 24.0 Å². The van der Waals surface area contributed by atoms with Crippen molar-refractivity contribution in [3.63, 3.8) is 0 Å². The summed E-state index contributed by atoms with van der Waals surface area (Å²) in [5.41, 5.74) is 0.929. The van der Waals surface area contributed by atoms with Gasteiger partial charge in [-0.1, -0.05) is 25.0 Å². The lowest BCUT2D eigenvalue weighted by atomic mass is 10.2. The molecule has 0 amide bonds. The second kappa shape index (κ2) is 8.61. The molecule has 0 radical (unpaired) electrons. The van der Waals surface area contributed by atoms with Crippen molar-refractivity contribution >= 4 is 35.6 Å². The Morgan fingerprint density at radius 3 is 2.52 bits per heavy atom. The lowest BCUT2D eigenvalue weighted by molar-refractivity contribution is 0.369. The topological polar surface area (TPSA) is 51.1 Å². The highest BCUT2D eigenvalue weighted by Gasteiger charge is 2.23. The highest BCUT2D eigenvalue weighted by molar-refractivity contribution is 14.0. The molecule has 3 rings (SSSR count). The van der Waals surface area contributed by atoms with Crippen molar-refractivity contribution in [2.24, 2.45) is 10.9 Å². The number of hydrogen-bond acceptors (Lipinski definition) is 3. The fourth-order valence-electron chi connectivity index (χ4n) is 3.02. The number of phenols is 1. The van der Waals surface area contributed by atoms with E-state index in [2.05, 4.69) is 20.1 Å². The van der Waals surface area contributed by atoms with Crippen molar-refractivity contribution in [2.75, 3.05) is 44.7 Å². The van der Waals surface area contributed by atoms with Gasteiger partial charge in [-0.05, 0) is 24.5 Å². The number of rotatable bonds is 4. The number of piperazine rings is 1. The van der Waals surface area contributed by atoms with Crippen molar-refractivity contribution in [3.8, 4) is 5.75 Å². The molecule has 0 aromatic heterocycles.